The Hall–Kier alpha value is -1.31. The van der Waals surface area contributed by atoms with Crippen molar-refractivity contribution in [1.82, 2.24) is 0 Å². The molecule has 0 bridgehead atoms. The maximum absolute atomic E-state index is 11.8. The lowest BCUT2D eigenvalue weighted by Crippen LogP contribution is -2.32. The molecule has 120 valence electrons. The molecule has 2 saturated carbocycles. The van der Waals surface area contributed by atoms with E-state index in [1.165, 1.54) is 31.2 Å². The number of hydrogen-bond donors (Lipinski definition) is 1. The smallest absolute Gasteiger partial charge is 0.314 e. The minimum atomic E-state index is -0.642. The average molecular weight is 300 g/mol. The van der Waals surface area contributed by atoms with E-state index in [2.05, 4.69) is 38.1 Å². The zero-order valence-electron chi connectivity index (χ0n) is 13.9. The highest BCUT2D eigenvalue weighted by Gasteiger charge is 2.42. The second-order valence-corrected chi connectivity index (χ2v) is 8.15. The van der Waals surface area contributed by atoms with Crippen LogP contribution in [0.5, 0.6) is 0 Å². The Bertz CT molecular complexity index is 525. The second-order valence-electron chi connectivity index (χ2n) is 8.15. The lowest BCUT2D eigenvalue weighted by atomic mass is 9.71. The highest BCUT2D eigenvalue weighted by Crippen LogP contribution is 2.44. The van der Waals surface area contributed by atoms with Crippen LogP contribution in [-0.2, 0) is 10.2 Å². The Labute approximate surface area is 133 Å². The molecule has 0 heterocycles. The summed E-state index contributed by atoms with van der Waals surface area (Å²) in [7, 11) is 0. The van der Waals surface area contributed by atoms with E-state index in [-0.39, 0.29) is 0 Å². The van der Waals surface area contributed by atoms with Gasteiger partial charge in [-0.15, -0.1) is 0 Å². The molecule has 3 rings (SSSR count). The third kappa shape index (κ3) is 2.80. The van der Waals surface area contributed by atoms with Crippen molar-refractivity contribution in [2.24, 2.45) is 5.41 Å². The topological polar surface area (TPSA) is 37.3 Å². The molecule has 0 amide bonds. The van der Waals surface area contributed by atoms with E-state index in [1.54, 1.807) is 0 Å². The van der Waals surface area contributed by atoms with Gasteiger partial charge in [0.05, 0.1) is 5.41 Å². The number of rotatable bonds is 3. The first-order chi connectivity index (χ1) is 10.4. The first-order valence-electron chi connectivity index (χ1n) is 8.77. The SMILES string of the molecule is CC1(C)CCC(c2ccc(C3(C(=O)O)CCCC3)cc2)CC1. The summed E-state index contributed by atoms with van der Waals surface area (Å²) in [5.74, 6) is 0.0172. The Morgan fingerprint density at radius 2 is 1.55 bits per heavy atom. The van der Waals surface area contributed by atoms with Gasteiger partial charge in [0.25, 0.3) is 0 Å². The van der Waals surface area contributed by atoms with Crippen LogP contribution in [0.15, 0.2) is 24.3 Å². The predicted octanol–water partition coefficient (Wildman–Crippen LogP) is 5.27. The molecule has 2 aliphatic carbocycles. The van der Waals surface area contributed by atoms with Crippen LogP contribution >= 0.6 is 0 Å². The van der Waals surface area contributed by atoms with Gasteiger partial charge < -0.3 is 5.11 Å². The van der Waals surface area contributed by atoms with Gasteiger partial charge in [0, 0.05) is 0 Å². The van der Waals surface area contributed by atoms with Crippen LogP contribution in [0.1, 0.15) is 82.3 Å². The maximum atomic E-state index is 11.8. The molecule has 2 nitrogen and oxygen atoms in total. The van der Waals surface area contributed by atoms with E-state index >= 15 is 0 Å². The van der Waals surface area contributed by atoms with Crippen LogP contribution in [0.4, 0.5) is 0 Å². The van der Waals surface area contributed by atoms with E-state index < -0.39 is 11.4 Å². The monoisotopic (exact) mass is 300 g/mol. The van der Waals surface area contributed by atoms with Gasteiger partial charge in [-0.3, -0.25) is 4.79 Å². The molecule has 0 aliphatic heterocycles. The van der Waals surface area contributed by atoms with Crippen LogP contribution in [0.2, 0.25) is 0 Å². The Morgan fingerprint density at radius 3 is 2.05 bits per heavy atom. The minimum Gasteiger partial charge on any atom is -0.481 e. The van der Waals surface area contributed by atoms with Gasteiger partial charge in [-0.05, 0) is 61.0 Å². The number of aliphatic carboxylic acids is 1. The molecule has 0 radical (unpaired) electrons. The molecule has 0 spiro atoms. The van der Waals surface area contributed by atoms with Gasteiger partial charge in [0.2, 0.25) is 0 Å². The number of carboxylic acid groups (broad SMARTS) is 1. The van der Waals surface area contributed by atoms with Crippen LogP contribution < -0.4 is 0 Å². The minimum absolute atomic E-state index is 0.494. The summed E-state index contributed by atoms with van der Waals surface area (Å²) in [4.78, 5) is 11.8. The van der Waals surface area contributed by atoms with Crippen molar-refractivity contribution in [1.29, 1.82) is 0 Å². The van der Waals surface area contributed by atoms with Crippen molar-refractivity contribution < 1.29 is 9.90 Å². The Balaban J connectivity index is 1.77. The van der Waals surface area contributed by atoms with Gasteiger partial charge >= 0.3 is 5.97 Å². The highest BCUT2D eigenvalue weighted by atomic mass is 16.4. The summed E-state index contributed by atoms with van der Waals surface area (Å²) in [5.41, 5.74) is 2.29. The third-order valence-electron chi connectivity index (χ3n) is 6.14. The highest BCUT2D eigenvalue weighted by molar-refractivity contribution is 5.81. The number of hydrogen-bond acceptors (Lipinski definition) is 1. The van der Waals surface area contributed by atoms with Gasteiger partial charge in [-0.2, -0.15) is 0 Å². The maximum Gasteiger partial charge on any atom is 0.314 e. The predicted molar refractivity (Wildman–Crippen MR) is 89.2 cm³/mol. The third-order valence-corrected chi connectivity index (χ3v) is 6.14. The summed E-state index contributed by atoms with van der Waals surface area (Å²) in [5, 5.41) is 9.69. The first-order valence-corrected chi connectivity index (χ1v) is 8.77. The summed E-state index contributed by atoms with van der Waals surface area (Å²) in [6, 6.07) is 8.58. The van der Waals surface area contributed by atoms with Gasteiger partial charge in [-0.1, -0.05) is 51.0 Å². The second kappa shape index (κ2) is 5.72. The molecule has 2 aliphatic rings. The van der Waals surface area contributed by atoms with Crippen molar-refractivity contribution in [3.63, 3.8) is 0 Å². The molecule has 2 fully saturated rings. The molecule has 22 heavy (non-hydrogen) atoms. The molecule has 1 aromatic carbocycles. The zero-order valence-corrected chi connectivity index (χ0v) is 13.9. The van der Waals surface area contributed by atoms with Crippen LogP contribution in [0.25, 0.3) is 0 Å². The fraction of sp³-hybridized carbons (Fsp3) is 0.650. The summed E-state index contributed by atoms with van der Waals surface area (Å²) >= 11 is 0. The number of carboxylic acids is 1. The first kappa shape index (κ1) is 15.6. The quantitative estimate of drug-likeness (QED) is 0.826. The Morgan fingerprint density at radius 1 is 1.00 bits per heavy atom. The Kier molecular flexibility index (Phi) is 4.05. The summed E-state index contributed by atoms with van der Waals surface area (Å²) in [6.45, 7) is 4.73. The molecule has 0 atom stereocenters. The molecule has 2 heteroatoms. The van der Waals surface area contributed by atoms with Crippen molar-refractivity contribution in [2.75, 3.05) is 0 Å². The van der Waals surface area contributed by atoms with Crippen LogP contribution in [-0.4, -0.2) is 11.1 Å². The largest absolute Gasteiger partial charge is 0.481 e. The average Bonchev–Trinajstić information content (AvgIpc) is 2.98. The molecular formula is C20H28O2. The molecule has 1 aromatic rings. The molecule has 0 aromatic heterocycles. The van der Waals surface area contributed by atoms with E-state index in [1.807, 2.05) is 0 Å². The number of carbonyl (C=O) groups is 1. The van der Waals surface area contributed by atoms with Crippen molar-refractivity contribution in [3.8, 4) is 0 Å². The zero-order chi connectivity index (χ0) is 15.8. The van der Waals surface area contributed by atoms with E-state index in [4.69, 9.17) is 0 Å². The summed E-state index contributed by atoms with van der Waals surface area (Å²) in [6.07, 6.45) is 8.75. The van der Waals surface area contributed by atoms with E-state index in [9.17, 15) is 9.90 Å². The molecule has 0 unspecified atom stereocenters. The van der Waals surface area contributed by atoms with Gasteiger partial charge in [-0.25, -0.2) is 0 Å². The summed E-state index contributed by atoms with van der Waals surface area (Å²) < 4.78 is 0. The fourth-order valence-electron chi connectivity index (χ4n) is 4.41. The molecular weight excluding hydrogens is 272 g/mol. The molecule has 0 saturated heterocycles. The fourth-order valence-corrected chi connectivity index (χ4v) is 4.41. The van der Waals surface area contributed by atoms with Crippen molar-refractivity contribution >= 4 is 5.97 Å². The van der Waals surface area contributed by atoms with Crippen LogP contribution in [0, 0.1) is 5.41 Å². The van der Waals surface area contributed by atoms with Gasteiger partial charge in [0.15, 0.2) is 0 Å². The van der Waals surface area contributed by atoms with E-state index in [0.717, 1.165) is 31.2 Å². The normalized spacial score (nSPS) is 24.3. The van der Waals surface area contributed by atoms with Crippen LogP contribution in [0.3, 0.4) is 0 Å². The molecule has 1 N–H and O–H groups in total. The van der Waals surface area contributed by atoms with Crippen molar-refractivity contribution in [3.05, 3.63) is 35.4 Å². The standard InChI is InChI=1S/C20H28O2/c1-19(2)13-9-16(10-14-19)15-5-7-17(8-6-15)20(18(21)22)11-3-4-12-20/h5-8,16H,3-4,9-14H2,1-2H3,(H,21,22). The van der Waals surface area contributed by atoms with Gasteiger partial charge in [0.1, 0.15) is 0 Å². The number of benzene rings is 1. The lowest BCUT2D eigenvalue weighted by Gasteiger charge is -2.34. The lowest BCUT2D eigenvalue weighted by molar-refractivity contribution is -0.143. The van der Waals surface area contributed by atoms with E-state index in [0.29, 0.717) is 11.3 Å². The van der Waals surface area contributed by atoms with Crippen molar-refractivity contribution in [2.45, 2.75) is 76.5 Å².